The Morgan fingerprint density at radius 1 is 1.23 bits per heavy atom. The number of likely N-dealkylation sites (tertiary alicyclic amines) is 1. The van der Waals surface area contributed by atoms with E-state index in [1.807, 2.05) is 16.7 Å². The van der Waals surface area contributed by atoms with Gasteiger partial charge in [0.05, 0.1) is 11.3 Å². The highest BCUT2D eigenvalue weighted by Gasteiger charge is 2.24. The molecule has 1 amide bonds. The van der Waals surface area contributed by atoms with Gasteiger partial charge in [-0.05, 0) is 50.7 Å². The first kappa shape index (κ1) is 16.7. The Hall–Kier alpha value is -2.80. The fraction of sp³-hybridized carbons (Fsp3) is 0.316. The highest BCUT2D eigenvalue weighted by Crippen LogP contribution is 2.27. The van der Waals surface area contributed by atoms with Gasteiger partial charge in [0.1, 0.15) is 11.6 Å². The molecule has 7 heteroatoms. The van der Waals surface area contributed by atoms with Crippen LogP contribution in [0, 0.1) is 5.82 Å². The van der Waals surface area contributed by atoms with E-state index in [2.05, 4.69) is 27.5 Å². The number of amides is 1. The van der Waals surface area contributed by atoms with E-state index in [4.69, 9.17) is 0 Å². The van der Waals surface area contributed by atoms with Crippen LogP contribution in [0.1, 0.15) is 34.9 Å². The fourth-order valence-electron chi connectivity index (χ4n) is 3.52. The van der Waals surface area contributed by atoms with Gasteiger partial charge in [0.25, 0.3) is 5.91 Å². The topological polar surface area (TPSA) is 62.5 Å². The Labute approximate surface area is 150 Å². The molecule has 26 heavy (non-hydrogen) atoms. The van der Waals surface area contributed by atoms with Crippen LogP contribution in [0.5, 0.6) is 0 Å². The lowest BCUT2D eigenvalue weighted by Crippen LogP contribution is -2.31. The quantitative estimate of drug-likeness (QED) is 0.786. The van der Waals surface area contributed by atoms with Crippen molar-refractivity contribution in [1.29, 1.82) is 0 Å². The molecule has 0 aliphatic carbocycles. The molecule has 134 valence electrons. The number of benzene rings is 1. The minimum Gasteiger partial charge on any atom is -0.319 e. The number of rotatable bonds is 3. The summed E-state index contributed by atoms with van der Waals surface area (Å²) in [5.74, 6) is 0.150. The first-order valence-corrected chi connectivity index (χ1v) is 8.71. The molecular weight excluding hydrogens is 333 g/mol. The maximum atomic E-state index is 13.8. The summed E-state index contributed by atoms with van der Waals surface area (Å²) in [4.78, 5) is 14.7. The molecule has 1 saturated heterocycles. The number of hydrogen-bond acceptors (Lipinski definition) is 4. The van der Waals surface area contributed by atoms with Crippen LogP contribution in [-0.4, -0.2) is 45.5 Å². The predicted molar refractivity (Wildman–Crippen MR) is 96.8 cm³/mol. The van der Waals surface area contributed by atoms with Crippen molar-refractivity contribution in [3.05, 3.63) is 59.8 Å². The third kappa shape index (κ3) is 3.06. The average molecular weight is 353 g/mol. The first-order valence-electron chi connectivity index (χ1n) is 8.71. The van der Waals surface area contributed by atoms with Crippen LogP contribution in [-0.2, 0) is 0 Å². The highest BCUT2D eigenvalue weighted by atomic mass is 19.1. The summed E-state index contributed by atoms with van der Waals surface area (Å²) in [6, 6.07) is 9.50. The minimum atomic E-state index is -0.552. The minimum absolute atomic E-state index is 0.00291. The van der Waals surface area contributed by atoms with E-state index in [1.54, 1.807) is 18.2 Å². The maximum Gasteiger partial charge on any atom is 0.258 e. The summed E-state index contributed by atoms with van der Waals surface area (Å²) in [6.07, 6.45) is 4.09. The molecular formula is C19H20FN5O. The van der Waals surface area contributed by atoms with Crippen molar-refractivity contribution in [3.63, 3.8) is 0 Å². The lowest BCUT2D eigenvalue weighted by atomic mass is 9.98. The molecule has 2 aromatic heterocycles. The molecule has 1 aliphatic heterocycles. The number of carbonyl (C=O) groups is 1. The third-order valence-electron chi connectivity index (χ3n) is 4.82. The van der Waals surface area contributed by atoms with E-state index in [-0.39, 0.29) is 5.56 Å². The number of likely N-dealkylation sites (N-methyl/N-ethyl adjacent to an activating group) is 1. The SMILES string of the molecule is CN1CCCC(c2nnc3c(NC(=O)c4ccccc4F)cccn23)C1. The van der Waals surface area contributed by atoms with Gasteiger partial charge in [0.2, 0.25) is 0 Å². The molecule has 6 nitrogen and oxygen atoms in total. The van der Waals surface area contributed by atoms with Gasteiger partial charge in [-0.1, -0.05) is 12.1 Å². The van der Waals surface area contributed by atoms with Crippen LogP contribution in [0.25, 0.3) is 5.65 Å². The summed E-state index contributed by atoms with van der Waals surface area (Å²) in [6.45, 7) is 2.03. The van der Waals surface area contributed by atoms with Crippen molar-refractivity contribution in [2.24, 2.45) is 0 Å². The van der Waals surface area contributed by atoms with Gasteiger partial charge >= 0.3 is 0 Å². The molecule has 1 fully saturated rings. The van der Waals surface area contributed by atoms with Gasteiger partial charge in [-0.3, -0.25) is 9.20 Å². The number of pyridine rings is 1. The Bertz CT molecular complexity index is 954. The first-order chi connectivity index (χ1) is 12.6. The molecule has 3 aromatic rings. The van der Waals surface area contributed by atoms with Gasteiger partial charge in [-0.2, -0.15) is 0 Å². The molecule has 1 N–H and O–H groups in total. The van der Waals surface area contributed by atoms with Crippen LogP contribution in [0.15, 0.2) is 42.6 Å². The molecule has 1 unspecified atom stereocenters. The number of fused-ring (bicyclic) bond motifs is 1. The van der Waals surface area contributed by atoms with Gasteiger partial charge in [0.15, 0.2) is 5.65 Å². The average Bonchev–Trinajstić information content (AvgIpc) is 3.07. The van der Waals surface area contributed by atoms with Crippen LogP contribution >= 0.6 is 0 Å². The second-order valence-electron chi connectivity index (χ2n) is 6.71. The van der Waals surface area contributed by atoms with Gasteiger partial charge in [0, 0.05) is 18.7 Å². The lowest BCUT2D eigenvalue weighted by Gasteiger charge is -2.28. The predicted octanol–water partition coefficient (Wildman–Crippen LogP) is 2.93. The van der Waals surface area contributed by atoms with E-state index in [1.165, 1.54) is 12.1 Å². The zero-order chi connectivity index (χ0) is 18.1. The molecule has 1 aromatic carbocycles. The number of anilines is 1. The van der Waals surface area contributed by atoms with Crippen molar-refractivity contribution >= 4 is 17.2 Å². The van der Waals surface area contributed by atoms with Gasteiger partial charge < -0.3 is 10.2 Å². The van der Waals surface area contributed by atoms with Gasteiger partial charge in [-0.25, -0.2) is 4.39 Å². The highest BCUT2D eigenvalue weighted by molar-refractivity contribution is 6.06. The molecule has 1 atom stereocenters. The van der Waals surface area contributed by atoms with Crippen LogP contribution in [0.3, 0.4) is 0 Å². The third-order valence-corrected chi connectivity index (χ3v) is 4.82. The van der Waals surface area contributed by atoms with E-state index in [0.717, 1.165) is 31.8 Å². The number of piperidine rings is 1. The van der Waals surface area contributed by atoms with Crippen LogP contribution in [0.2, 0.25) is 0 Å². The molecule has 0 bridgehead atoms. The van der Waals surface area contributed by atoms with Gasteiger partial charge in [-0.15, -0.1) is 10.2 Å². The van der Waals surface area contributed by atoms with Crippen molar-refractivity contribution in [2.75, 3.05) is 25.5 Å². The summed E-state index contributed by atoms with van der Waals surface area (Å²) < 4.78 is 15.8. The Morgan fingerprint density at radius 3 is 2.88 bits per heavy atom. The lowest BCUT2D eigenvalue weighted by molar-refractivity contribution is 0.102. The number of nitrogens with one attached hydrogen (secondary N) is 1. The smallest absolute Gasteiger partial charge is 0.258 e. The normalized spacial score (nSPS) is 18.2. The van der Waals surface area contributed by atoms with E-state index < -0.39 is 11.7 Å². The Balaban J connectivity index is 1.65. The zero-order valence-corrected chi connectivity index (χ0v) is 14.5. The van der Waals surface area contributed by atoms with Crippen LogP contribution in [0.4, 0.5) is 10.1 Å². The van der Waals surface area contributed by atoms with Crippen molar-refractivity contribution < 1.29 is 9.18 Å². The number of carbonyl (C=O) groups excluding carboxylic acids is 1. The molecule has 3 heterocycles. The molecule has 0 radical (unpaired) electrons. The zero-order valence-electron chi connectivity index (χ0n) is 14.5. The number of hydrogen-bond donors (Lipinski definition) is 1. The Kier molecular flexibility index (Phi) is 4.38. The Morgan fingerprint density at radius 2 is 2.08 bits per heavy atom. The summed E-state index contributed by atoms with van der Waals surface area (Å²) in [5.41, 5.74) is 1.09. The molecule has 0 saturated carbocycles. The molecule has 1 aliphatic rings. The largest absolute Gasteiger partial charge is 0.319 e. The summed E-state index contributed by atoms with van der Waals surface area (Å²) in [7, 11) is 2.11. The van der Waals surface area contributed by atoms with Crippen molar-refractivity contribution in [2.45, 2.75) is 18.8 Å². The molecule has 4 rings (SSSR count). The van der Waals surface area contributed by atoms with Crippen molar-refractivity contribution in [1.82, 2.24) is 19.5 Å². The number of halogens is 1. The standard InChI is InChI=1S/C19H20FN5O/c1-24-10-4-6-13(12-24)17-22-23-18-16(9-5-11-25(17)18)21-19(26)14-7-2-3-8-15(14)20/h2-3,5,7-9,11,13H,4,6,10,12H2,1H3,(H,21,26). The second-order valence-corrected chi connectivity index (χ2v) is 6.71. The second kappa shape index (κ2) is 6.84. The summed E-state index contributed by atoms with van der Waals surface area (Å²) in [5, 5.41) is 11.4. The maximum absolute atomic E-state index is 13.8. The van der Waals surface area contributed by atoms with Crippen molar-refractivity contribution in [3.8, 4) is 0 Å². The molecule has 0 spiro atoms. The number of nitrogens with zero attached hydrogens (tertiary/aromatic N) is 4. The van der Waals surface area contributed by atoms with Crippen LogP contribution < -0.4 is 5.32 Å². The van der Waals surface area contributed by atoms with E-state index in [0.29, 0.717) is 17.3 Å². The fourth-order valence-corrected chi connectivity index (χ4v) is 3.52. The number of aromatic nitrogens is 3. The van der Waals surface area contributed by atoms with E-state index >= 15 is 0 Å². The van der Waals surface area contributed by atoms with E-state index in [9.17, 15) is 9.18 Å². The monoisotopic (exact) mass is 353 g/mol. The summed E-state index contributed by atoms with van der Waals surface area (Å²) >= 11 is 0.